The van der Waals surface area contributed by atoms with Crippen LogP contribution < -0.4 is 10.5 Å². The smallest absolute Gasteiger partial charge is 0.410 e. The average molecular weight is 557 g/mol. The lowest BCUT2D eigenvalue weighted by Gasteiger charge is -2.36. The van der Waals surface area contributed by atoms with E-state index in [1.807, 2.05) is 26.8 Å². The van der Waals surface area contributed by atoms with Crippen LogP contribution >= 0.6 is 22.7 Å². The molecule has 11 heteroatoms. The molecule has 0 aliphatic carbocycles. The van der Waals surface area contributed by atoms with Crippen LogP contribution in [0.4, 0.5) is 10.6 Å². The summed E-state index contributed by atoms with van der Waals surface area (Å²) >= 11 is 3.32. The van der Waals surface area contributed by atoms with E-state index in [0.717, 1.165) is 34.0 Å². The number of H-pyrrole nitrogens is 1. The molecular formula is C27H36N6O3S2. The monoisotopic (exact) mass is 556 g/mol. The zero-order valence-electron chi connectivity index (χ0n) is 23.1. The minimum atomic E-state index is -0.461. The fraction of sp³-hybridized carbons (Fsp3) is 0.519. The van der Waals surface area contributed by atoms with Crippen molar-refractivity contribution < 1.29 is 9.53 Å². The van der Waals surface area contributed by atoms with Crippen molar-refractivity contribution in [3.05, 3.63) is 44.9 Å². The van der Waals surface area contributed by atoms with Crippen LogP contribution in [0.1, 0.15) is 70.1 Å². The number of nitrogens with one attached hydrogen (secondary N) is 1. The number of aromatic nitrogens is 4. The summed E-state index contributed by atoms with van der Waals surface area (Å²) < 4.78 is 5.46. The van der Waals surface area contributed by atoms with Crippen molar-refractivity contribution in [2.75, 3.05) is 31.1 Å². The molecule has 0 atom stereocenters. The van der Waals surface area contributed by atoms with Gasteiger partial charge in [-0.05, 0) is 44.7 Å². The van der Waals surface area contributed by atoms with E-state index in [2.05, 4.69) is 58.6 Å². The zero-order chi connectivity index (χ0) is 27.6. The molecule has 1 aliphatic heterocycles. The maximum Gasteiger partial charge on any atom is 0.410 e. The molecule has 1 N–H and O–H groups in total. The third-order valence-corrected chi connectivity index (χ3v) is 8.74. The van der Waals surface area contributed by atoms with Crippen molar-refractivity contribution >= 4 is 55.0 Å². The van der Waals surface area contributed by atoms with E-state index < -0.39 is 5.60 Å². The number of anilines is 1. The minimum absolute atomic E-state index is 0.0480. The molecule has 1 amide bonds. The van der Waals surface area contributed by atoms with Crippen LogP contribution in [0.2, 0.25) is 0 Å². The van der Waals surface area contributed by atoms with Gasteiger partial charge in [0, 0.05) is 35.9 Å². The number of rotatable bonds is 3. The second-order valence-electron chi connectivity index (χ2n) is 10.9. The van der Waals surface area contributed by atoms with Gasteiger partial charge in [0.25, 0.3) is 5.56 Å². The van der Waals surface area contributed by atoms with Crippen molar-refractivity contribution in [3.8, 4) is 0 Å². The summed E-state index contributed by atoms with van der Waals surface area (Å²) in [5.74, 6) is 1.91. The Labute approximate surface area is 230 Å². The molecule has 0 saturated carbocycles. The molecule has 9 nitrogen and oxygen atoms in total. The summed E-state index contributed by atoms with van der Waals surface area (Å²) in [7, 11) is 0. The number of hydrogen-bond donors (Lipinski definition) is 1. The number of aromatic amines is 1. The summed E-state index contributed by atoms with van der Waals surface area (Å²) in [6, 6.07) is 4.14. The molecule has 5 heterocycles. The molecule has 0 aromatic carbocycles. The van der Waals surface area contributed by atoms with E-state index in [1.165, 1.54) is 16.1 Å². The molecule has 1 saturated heterocycles. The van der Waals surface area contributed by atoms with Gasteiger partial charge in [-0.2, -0.15) is 0 Å². The predicted molar refractivity (Wildman–Crippen MR) is 156 cm³/mol. The van der Waals surface area contributed by atoms with E-state index in [1.54, 1.807) is 33.9 Å². The van der Waals surface area contributed by atoms with E-state index in [4.69, 9.17) is 4.74 Å². The molecule has 0 spiro atoms. The quantitative estimate of drug-likeness (QED) is 0.331. The highest BCUT2D eigenvalue weighted by molar-refractivity contribution is 7.19. The summed E-state index contributed by atoms with van der Waals surface area (Å²) in [4.78, 5) is 47.5. The number of hydrogen-bond acceptors (Lipinski definition) is 9. The highest BCUT2D eigenvalue weighted by Crippen LogP contribution is 2.34. The van der Waals surface area contributed by atoms with E-state index >= 15 is 0 Å². The third kappa shape index (κ3) is 6.50. The number of fused-ring (bicyclic) bond motifs is 2. The van der Waals surface area contributed by atoms with E-state index in [-0.39, 0.29) is 11.7 Å². The number of amides is 1. The normalized spacial score (nSPS) is 14.3. The van der Waals surface area contributed by atoms with Crippen LogP contribution in [0.15, 0.2) is 29.6 Å². The molecule has 0 bridgehead atoms. The highest BCUT2D eigenvalue weighted by Gasteiger charge is 2.27. The number of carbonyl (C=O) groups excluding carboxylic acids is 1. The average Bonchev–Trinajstić information content (AvgIpc) is 3.49. The highest BCUT2D eigenvalue weighted by atomic mass is 32.1. The van der Waals surface area contributed by atoms with Crippen molar-refractivity contribution in [1.82, 2.24) is 24.8 Å². The van der Waals surface area contributed by atoms with Crippen LogP contribution in [0.5, 0.6) is 0 Å². The topological polar surface area (TPSA) is 104 Å². The Morgan fingerprint density at radius 2 is 1.50 bits per heavy atom. The first-order valence-electron chi connectivity index (χ1n) is 12.9. The van der Waals surface area contributed by atoms with Gasteiger partial charge in [0.2, 0.25) is 0 Å². The summed E-state index contributed by atoms with van der Waals surface area (Å²) in [6.45, 7) is 17.1. The molecule has 1 aliphatic rings. The Balaban J connectivity index is 0.000000216. The maximum atomic E-state index is 12.2. The molecule has 204 valence electrons. The van der Waals surface area contributed by atoms with Crippen LogP contribution in [-0.4, -0.2) is 62.7 Å². The third-order valence-electron chi connectivity index (χ3n) is 6.05. The van der Waals surface area contributed by atoms with Gasteiger partial charge in [0.05, 0.1) is 17.1 Å². The van der Waals surface area contributed by atoms with Crippen LogP contribution in [0.3, 0.4) is 0 Å². The lowest BCUT2D eigenvalue weighted by atomic mass is 10.1. The Hall–Kier alpha value is -3.05. The van der Waals surface area contributed by atoms with Crippen LogP contribution in [0, 0.1) is 0 Å². The molecule has 0 radical (unpaired) electrons. The van der Waals surface area contributed by atoms with Crippen molar-refractivity contribution in [2.45, 2.75) is 65.9 Å². The number of piperazine rings is 1. The predicted octanol–water partition coefficient (Wildman–Crippen LogP) is 5.98. The van der Waals surface area contributed by atoms with Gasteiger partial charge < -0.3 is 19.5 Å². The lowest BCUT2D eigenvalue weighted by Crippen LogP contribution is -2.50. The maximum absolute atomic E-state index is 12.2. The molecular weight excluding hydrogens is 520 g/mol. The first-order valence-corrected chi connectivity index (χ1v) is 14.5. The first-order chi connectivity index (χ1) is 17.9. The molecule has 4 aromatic rings. The van der Waals surface area contributed by atoms with E-state index in [9.17, 15) is 9.59 Å². The Bertz CT molecular complexity index is 1460. The number of ether oxygens (including phenoxy) is 1. The van der Waals surface area contributed by atoms with Crippen molar-refractivity contribution in [1.29, 1.82) is 0 Å². The van der Waals surface area contributed by atoms with Gasteiger partial charge in [-0.1, -0.05) is 27.7 Å². The van der Waals surface area contributed by atoms with Crippen LogP contribution in [-0.2, 0) is 4.74 Å². The Kier molecular flexibility index (Phi) is 8.37. The Morgan fingerprint density at radius 3 is 2.05 bits per heavy atom. The molecule has 5 rings (SSSR count). The SMILES string of the molecule is CC(C)c1cc2c(=O)[nH]cnc2s1.CC(C)c1cc2c(N3CCN(C(=O)OC(C)(C)C)CC3)ncnc2s1. The van der Waals surface area contributed by atoms with Gasteiger partial charge >= 0.3 is 6.09 Å². The second kappa shape index (κ2) is 11.4. The molecule has 1 fully saturated rings. The largest absolute Gasteiger partial charge is 0.444 e. The van der Waals surface area contributed by atoms with Gasteiger partial charge in [-0.15, -0.1) is 22.7 Å². The molecule has 38 heavy (non-hydrogen) atoms. The fourth-order valence-electron chi connectivity index (χ4n) is 4.00. The van der Waals surface area contributed by atoms with Crippen LogP contribution in [0.25, 0.3) is 20.4 Å². The zero-order valence-corrected chi connectivity index (χ0v) is 24.7. The van der Waals surface area contributed by atoms with Gasteiger partial charge in [0.15, 0.2) is 0 Å². The first kappa shape index (κ1) is 28.0. The molecule has 0 unspecified atom stereocenters. The summed E-state index contributed by atoms with van der Waals surface area (Å²) in [5, 5.41) is 1.82. The van der Waals surface area contributed by atoms with Gasteiger partial charge in [0.1, 0.15) is 27.4 Å². The van der Waals surface area contributed by atoms with Gasteiger partial charge in [-0.3, -0.25) is 4.79 Å². The fourth-order valence-corrected chi connectivity index (χ4v) is 5.99. The van der Waals surface area contributed by atoms with Crippen molar-refractivity contribution in [3.63, 3.8) is 0 Å². The van der Waals surface area contributed by atoms with E-state index in [0.29, 0.717) is 30.3 Å². The summed E-state index contributed by atoms with van der Waals surface area (Å²) in [6.07, 6.45) is 2.85. The standard InChI is InChI=1S/C18H26N4O2S.C9H10N2OS/c1-12(2)14-10-13-15(19-11-20-16(13)25-14)21-6-8-22(9-7-21)17(23)24-18(3,4)5;1-5(2)7-3-6-8(12)10-4-11-9(6)13-7/h10-12H,6-9H2,1-5H3;3-5H,1-2H3,(H,10,11,12). The number of nitrogens with zero attached hydrogens (tertiary/aromatic N) is 5. The number of carbonyl (C=O) groups is 1. The minimum Gasteiger partial charge on any atom is -0.444 e. The number of thiophene rings is 2. The lowest BCUT2D eigenvalue weighted by molar-refractivity contribution is 0.0240. The molecule has 4 aromatic heterocycles. The second-order valence-corrected chi connectivity index (χ2v) is 13.1. The van der Waals surface area contributed by atoms with Gasteiger partial charge in [-0.25, -0.2) is 19.7 Å². The Morgan fingerprint density at radius 1 is 0.921 bits per heavy atom. The van der Waals surface area contributed by atoms with Crippen molar-refractivity contribution in [2.24, 2.45) is 0 Å². The summed E-state index contributed by atoms with van der Waals surface area (Å²) in [5.41, 5.74) is -0.509.